The Morgan fingerprint density at radius 1 is 1.00 bits per heavy atom. The molecule has 2 aromatic rings. The maximum absolute atomic E-state index is 13.0. The van der Waals surface area contributed by atoms with Gasteiger partial charge in [0, 0.05) is 0 Å². The van der Waals surface area contributed by atoms with E-state index in [1.54, 1.807) is 24.3 Å². The zero-order chi connectivity index (χ0) is 18.3. The van der Waals surface area contributed by atoms with Gasteiger partial charge in [-0.25, -0.2) is 0 Å². The van der Waals surface area contributed by atoms with E-state index in [0.29, 0.717) is 5.56 Å². The second-order valence-corrected chi connectivity index (χ2v) is 11.5. The fourth-order valence-electron chi connectivity index (χ4n) is 3.81. The van der Waals surface area contributed by atoms with Gasteiger partial charge in [-0.1, -0.05) is 0 Å². The Morgan fingerprint density at radius 3 is 2.42 bits per heavy atom. The van der Waals surface area contributed by atoms with Crippen molar-refractivity contribution in [3.8, 4) is 0 Å². The Balaban J connectivity index is 1.67. The third-order valence-corrected chi connectivity index (χ3v) is 9.93. The van der Waals surface area contributed by atoms with Crippen molar-refractivity contribution in [2.24, 2.45) is 0 Å². The normalized spacial score (nSPS) is 24.5. The molecule has 2 aliphatic rings. The van der Waals surface area contributed by atoms with Crippen molar-refractivity contribution in [3.63, 3.8) is 0 Å². The molecule has 2 aromatic carbocycles. The number of rotatable bonds is 3. The summed E-state index contributed by atoms with van der Waals surface area (Å²) in [5.41, 5.74) is 1.54. The summed E-state index contributed by atoms with van der Waals surface area (Å²) in [5, 5.41) is 0. The van der Waals surface area contributed by atoms with E-state index in [1.165, 1.54) is 14.3 Å². The molecule has 1 saturated carbocycles. The van der Waals surface area contributed by atoms with Crippen LogP contribution in [0.25, 0.3) is 0 Å². The Labute approximate surface area is 160 Å². The molecule has 0 spiro atoms. The van der Waals surface area contributed by atoms with E-state index in [0.717, 1.165) is 25.7 Å². The quantitative estimate of drug-likeness (QED) is 0.699. The topological polar surface area (TPSA) is 54.5 Å². The van der Waals surface area contributed by atoms with Gasteiger partial charge in [-0.2, -0.15) is 0 Å². The Kier molecular flexibility index (Phi) is 4.68. The predicted molar refractivity (Wildman–Crippen MR) is 102 cm³/mol. The maximum atomic E-state index is 13.0. The molecule has 0 aromatic heterocycles. The monoisotopic (exact) mass is 435 g/mol. The van der Waals surface area contributed by atoms with Crippen molar-refractivity contribution >= 4 is 35.3 Å². The van der Waals surface area contributed by atoms with Crippen molar-refractivity contribution in [1.82, 2.24) is 4.31 Å². The second-order valence-electron chi connectivity index (χ2n) is 6.92. The summed E-state index contributed by atoms with van der Waals surface area (Å²) in [6, 6.07) is 14.8. The molecule has 1 aliphatic carbocycles. The van der Waals surface area contributed by atoms with Crippen LogP contribution in [0.5, 0.6) is 0 Å². The molecule has 2 unspecified atom stereocenters. The average molecular weight is 434 g/mol. The molecular weight excluding hydrogens is 413 g/mol. The van der Waals surface area contributed by atoms with Crippen LogP contribution < -0.4 is 4.46 Å². The number of amides is 1. The number of hydrogen-bond acceptors (Lipinski definition) is 3. The van der Waals surface area contributed by atoms with Crippen molar-refractivity contribution in [2.75, 3.05) is 0 Å². The first-order chi connectivity index (χ1) is 12.5. The van der Waals surface area contributed by atoms with Gasteiger partial charge >= 0.3 is 161 Å². The Bertz CT molecular complexity index is 940. The summed E-state index contributed by atoms with van der Waals surface area (Å²) in [5.74, 6) is -0.350. The molecule has 26 heavy (non-hydrogen) atoms. The molecule has 2 atom stereocenters. The molecule has 0 saturated heterocycles. The van der Waals surface area contributed by atoms with E-state index in [4.69, 9.17) is 0 Å². The van der Waals surface area contributed by atoms with E-state index in [2.05, 4.69) is 31.2 Å². The number of benzene rings is 2. The Morgan fingerprint density at radius 2 is 1.69 bits per heavy atom. The SMILES string of the molecule is Cc1ccc([Se]C2CCCCC2N2C(=O)c3ccccc3S2(=O)=O)cc1. The average Bonchev–Trinajstić information content (AvgIpc) is 2.84. The van der Waals surface area contributed by atoms with E-state index in [9.17, 15) is 13.2 Å². The number of hydrogen-bond donors (Lipinski definition) is 0. The predicted octanol–water partition coefficient (Wildman–Crippen LogP) is 2.90. The van der Waals surface area contributed by atoms with Crippen molar-refractivity contribution < 1.29 is 13.2 Å². The molecule has 4 nitrogen and oxygen atoms in total. The molecule has 1 heterocycles. The van der Waals surface area contributed by atoms with E-state index in [-0.39, 0.29) is 36.6 Å². The van der Waals surface area contributed by atoms with Crippen LogP contribution in [0, 0.1) is 6.92 Å². The minimum atomic E-state index is -3.73. The van der Waals surface area contributed by atoms with Crippen molar-refractivity contribution in [2.45, 2.75) is 48.4 Å². The number of carbonyl (C=O) groups excluding carboxylic acids is 1. The number of carbonyl (C=O) groups is 1. The molecule has 4 rings (SSSR count). The van der Waals surface area contributed by atoms with Gasteiger partial charge in [-0.15, -0.1) is 0 Å². The first kappa shape index (κ1) is 17.8. The first-order valence-corrected chi connectivity index (χ1v) is 12.2. The van der Waals surface area contributed by atoms with Crippen LogP contribution in [0.15, 0.2) is 53.4 Å². The minimum absolute atomic E-state index is 0.142. The third kappa shape index (κ3) is 3.00. The molecule has 1 aliphatic heterocycles. The van der Waals surface area contributed by atoms with Gasteiger partial charge in [0.2, 0.25) is 0 Å². The number of fused-ring (bicyclic) bond motifs is 1. The summed E-state index contributed by atoms with van der Waals surface area (Å²) in [6.45, 7) is 2.06. The van der Waals surface area contributed by atoms with Gasteiger partial charge in [0.25, 0.3) is 0 Å². The molecule has 0 N–H and O–H groups in total. The van der Waals surface area contributed by atoms with Crippen LogP contribution in [0.3, 0.4) is 0 Å². The van der Waals surface area contributed by atoms with Crippen LogP contribution in [0.4, 0.5) is 0 Å². The van der Waals surface area contributed by atoms with Gasteiger partial charge < -0.3 is 0 Å². The van der Waals surface area contributed by atoms with Crippen LogP contribution in [0.2, 0.25) is 4.82 Å². The fourth-order valence-corrected chi connectivity index (χ4v) is 8.62. The summed E-state index contributed by atoms with van der Waals surface area (Å²) >= 11 is 0.142. The third-order valence-electron chi connectivity index (χ3n) is 5.13. The van der Waals surface area contributed by atoms with Gasteiger partial charge in [-0.05, 0) is 0 Å². The van der Waals surface area contributed by atoms with E-state index < -0.39 is 10.0 Å². The standard InChI is InChI=1S/C20H21NO3SSe/c1-14-10-12-15(13-11-14)26-19-9-5-3-7-17(19)21-20(22)16-6-2-4-8-18(16)25(21,23)24/h2,4,6,8,10-13,17,19H,3,5,7,9H2,1H3. The molecule has 1 amide bonds. The van der Waals surface area contributed by atoms with Crippen molar-refractivity contribution in [1.29, 1.82) is 0 Å². The Hall–Kier alpha value is -1.62. The first-order valence-electron chi connectivity index (χ1n) is 8.89. The van der Waals surface area contributed by atoms with Gasteiger partial charge in [0.05, 0.1) is 0 Å². The van der Waals surface area contributed by atoms with Crippen LogP contribution >= 0.6 is 0 Å². The second kappa shape index (κ2) is 6.84. The molecule has 0 radical (unpaired) electrons. The number of nitrogens with zero attached hydrogens (tertiary/aromatic N) is 1. The van der Waals surface area contributed by atoms with E-state index in [1.807, 2.05) is 0 Å². The zero-order valence-electron chi connectivity index (χ0n) is 14.6. The van der Waals surface area contributed by atoms with Gasteiger partial charge in [0.15, 0.2) is 0 Å². The molecule has 136 valence electrons. The number of aryl methyl sites for hydroxylation is 1. The molecular formula is C20H21NO3SSe. The van der Waals surface area contributed by atoms with Gasteiger partial charge in [-0.3, -0.25) is 0 Å². The molecule has 1 fully saturated rings. The summed E-state index contributed by atoms with van der Waals surface area (Å²) in [4.78, 5) is 13.3. The van der Waals surface area contributed by atoms with E-state index >= 15 is 0 Å². The van der Waals surface area contributed by atoms with Crippen LogP contribution in [-0.2, 0) is 10.0 Å². The number of sulfonamides is 1. The summed E-state index contributed by atoms with van der Waals surface area (Å²) < 4.78 is 28.6. The molecule has 0 bridgehead atoms. The van der Waals surface area contributed by atoms with Gasteiger partial charge in [0.1, 0.15) is 0 Å². The van der Waals surface area contributed by atoms with Crippen LogP contribution in [-0.4, -0.2) is 39.6 Å². The summed E-state index contributed by atoms with van der Waals surface area (Å²) in [7, 11) is -3.73. The zero-order valence-corrected chi connectivity index (χ0v) is 17.1. The molecule has 6 heteroatoms. The van der Waals surface area contributed by atoms with Crippen molar-refractivity contribution in [3.05, 3.63) is 59.7 Å². The van der Waals surface area contributed by atoms with Crippen LogP contribution in [0.1, 0.15) is 41.6 Å². The fraction of sp³-hybridized carbons (Fsp3) is 0.350. The summed E-state index contributed by atoms with van der Waals surface area (Å²) in [6.07, 6.45) is 3.82.